The number of carbonyl (C=O) groups excluding carboxylic acids is 2. The molecular formula is C15H27N3O2S. The minimum absolute atomic E-state index is 0.0673. The Morgan fingerprint density at radius 1 is 1.24 bits per heavy atom. The standard InChI is InChI=1S/C15H27N3O2S/c1-3-10-18(11-12(19)17-2)14(20)15(13(16)21)8-6-4-5-7-9-15/h3-11H2,1-2H3,(H2,16,21)(H,17,19). The second-order valence-electron chi connectivity index (χ2n) is 5.76. The van der Waals surface area contributed by atoms with Crippen LogP contribution in [0.4, 0.5) is 0 Å². The molecule has 1 fully saturated rings. The Morgan fingerprint density at radius 2 is 1.81 bits per heavy atom. The summed E-state index contributed by atoms with van der Waals surface area (Å²) in [6, 6.07) is 0. The number of nitrogens with zero attached hydrogens (tertiary/aromatic N) is 1. The Kier molecular flexibility index (Phi) is 7.08. The van der Waals surface area contributed by atoms with Gasteiger partial charge in [-0.15, -0.1) is 0 Å². The summed E-state index contributed by atoms with van der Waals surface area (Å²) in [7, 11) is 1.58. The fourth-order valence-electron chi connectivity index (χ4n) is 2.98. The highest BCUT2D eigenvalue weighted by Gasteiger charge is 2.44. The smallest absolute Gasteiger partial charge is 0.239 e. The van der Waals surface area contributed by atoms with Crippen LogP contribution >= 0.6 is 12.2 Å². The van der Waals surface area contributed by atoms with Crippen LogP contribution in [-0.2, 0) is 9.59 Å². The molecule has 0 aromatic carbocycles. The van der Waals surface area contributed by atoms with Crippen molar-refractivity contribution >= 4 is 29.0 Å². The lowest BCUT2D eigenvalue weighted by Gasteiger charge is -2.35. The summed E-state index contributed by atoms with van der Waals surface area (Å²) in [4.78, 5) is 26.6. The zero-order valence-corrected chi connectivity index (χ0v) is 13.9. The SMILES string of the molecule is CCCN(CC(=O)NC)C(=O)C1(C(N)=S)CCCCCC1. The molecule has 0 atom stereocenters. The lowest BCUT2D eigenvalue weighted by Crippen LogP contribution is -2.52. The maximum Gasteiger partial charge on any atom is 0.239 e. The van der Waals surface area contributed by atoms with Crippen LogP contribution in [-0.4, -0.2) is 41.8 Å². The van der Waals surface area contributed by atoms with Crippen LogP contribution in [0.25, 0.3) is 0 Å². The van der Waals surface area contributed by atoms with Crippen molar-refractivity contribution < 1.29 is 9.59 Å². The molecule has 2 amide bonds. The molecule has 0 aromatic rings. The van der Waals surface area contributed by atoms with Crippen LogP contribution in [0.1, 0.15) is 51.9 Å². The second kappa shape index (κ2) is 8.32. The van der Waals surface area contributed by atoms with Crippen molar-refractivity contribution in [2.24, 2.45) is 11.1 Å². The van der Waals surface area contributed by atoms with Gasteiger partial charge in [-0.1, -0.05) is 44.8 Å². The maximum absolute atomic E-state index is 13.0. The highest BCUT2D eigenvalue weighted by Crippen LogP contribution is 2.37. The minimum Gasteiger partial charge on any atom is -0.392 e. The molecule has 1 aliphatic carbocycles. The van der Waals surface area contributed by atoms with E-state index in [0.29, 0.717) is 19.4 Å². The largest absolute Gasteiger partial charge is 0.392 e. The first-order valence-electron chi connectivity index (χ1n) is 7.77. The Hall–Kier alpha value is -1.17. The van der Waals surface area contributed by atoms with E-state index in [4.69, 9.17) is 18.0 Å². The summed E-state index contributed by atoms with van der Waals surface area (Å²) in [5, 5.41) is 2.57. The van der Waals surface area contributed by atoms with Crippen molar-refractivity contribution in [1.29, 1.82) is 0 Å². The van der Waals surface area contributed by atoms with Gasteiger partial charge in [-0.25, -0.2) is 0 Å². The molecular weight excluding hydrogens is 286 g/mol. The van der Waals surface area contributed by atoms with Gasteiger partial charge in [-0.2, -0.15) is 0 Å². The number of hydrogen-bond donors (Lipinski definition) is 2. The van der Waals surface area contributed by atoms with Crippen molar-refractivity contribution in [3.05, 3.63) is 0 Å². The normalized spacial score (nSPS) is 17.6. The third kappa shape index (κ3) is 4.40. The van der Waals surface area contributed by atoms with E-state index in [9.17, 15) is 9.59 Å². The third-order valence-corrected chi connectivity index (χ3v) is 4.62. The van der Waals surface area contributed by atoms with Gasteiger partial charge in [0.25, 0.3) is 0 Å². The number of rotatable bonds is 6. The molecule has 6 heteroatoms. The van der Waals surface area contributed by atoms with E-state index >= 15 is 0 Å². The molecule has 1 saturated carbocycles. The van der Waals surface area contributed by atoms with Gasteiger partial charge in [0.05, 0.1) is 16.9 Å². The number of nitrogens with two attached hydrogens (primary N) is 1. The highest BCUT2D eigenvalue weighted by molar-refractivity contribution is 7.80. The van der Waals surface area contributed by atoms with E-state index in [1.54, 1.807) is 11.9 Å². The lowest BCUT2D eigenvalue weighted by atomic mass is 9.78. The summed E-state index contributed by atoms with van der Waals surface area (Å²) in [5.41, 5.74) is 5.20. The van der Waals surface area contributed by atoms with E-state index in [2.05, 4.69) is 5.32 Å². The summed E-state index contributed by atoms with van der Waals surface area (Å²) in [6.45, 7) is 2.62. The second-order valence-corrected chi connectivity index (χ2v) is 6.20. The van der Waals surface area contributed by atoms with Gasteiger partial charge in [0, 0.05) is 13.6 Å². The molecule has 0 radical (unpaired) electrons. The molecule has 120 valence electrons. The quantitative estimate of drug-likeness (QED) is 0.577. The predicted octanol–water partition coefficient (Wildman–Crippen LogP) is 1.60. The number of amides is 2. The van der Waals surface area contributed by atoms with E-state index in [0.717, 1.165) is 32.1 Å². The van der Waals surface area contributed by atoms with Crippen molar-refractivity contribution in [3.63, 3.8) is 0 Å². The lowest BCUT2D eigenvalue weighted by molar-refractivity contribution is -0.142. The molecule has 0 saturated heterocycles. The van der Waals surface area contributed by atoms with Crippen molar-refractivity contribution in [2.45, 2.75) is 51.9 Å². The van der Waals surface area contributed by atoms with E-state index in [1.807, 2.05) is 6.92 Å². The van der Waals surface area contributed by atoms with E-state index < -0.39 is 5.41 Å². The average molecular weight is 313 g/mol. The molecule has 0 aliphatic heterocycles. The molecule has 3 N–H and O–H groups in total. The molecule has 0 bridgehead atoms. The first-order chi connectivity index (χ1) is 9.97. The number of hydrogen-bond acceptors (Lipinski definition) is 3. The highest BCUT2D eigenvalue weighted by atomic mass is 32.1. The topological polar surface area (TPSA) is 75.4 Å². The van der Waals surface area contributed by atoms with Crippen LogP contribution in [0.5, 0.6) is 0 Å². The average Bonchev–Trinajstić information content (AvgIpc) is 2.72. The van der Waals surface area contributed by atoms with Gasteiger partial charge in [-0.3, -0.25) is 9.59 Å². The molecule has 0 aromatic heterocycles. The fourth-order valence-corrected chi connectivity index (χ4v) is 3.27. The van der Waals surface area contributed by atoms with Crippen molar-refractivity contribution in [1.82, 2.24) is 10.2 Å². The van der Waals surface area contributed by atoms with Gasteiger partial charge >= 0.3 is 0 Å². The van der Waals surface area contributed by atoms with Crippen LogP contribution < -0.4 is 11.1 Å². The van der Waals surface area contributed by atoms with Gasteiger partial charge in [0.1, 0.15) is 0 Å². The molecule has 1 aliphatic rings. The van der Waals surface area contributed by atoms with Crippen molar-refractivity contribution in [3.8, 4) is 0 Å². The van der Waals surface area contributed by atoms with Gasteiger partial charge in [-0.05, 0) is 19.3 Å². The summed E-state index contributed by atoms with van der Waals surface area (Å²) in [6.07, 6.45) is 6.36. The third-order valence-electron chi connectivity index (χ3n) is 4.23. The Balaban J connectivity index is 2.99. The van der Waals surface area contributed by atoms with Crippen LogP contribution in [0, 0.1) is 5.41 Å². The number of likely N-dealkylation sites (N-methyl/N-ethyl adjacent to an activating group) is 1. The first-order valence-corrected chi connectivity index (χ1v) is 8.18. The van der Waals surface area contributed by atoms with Crippen LogP contribution in [0.2, 0.25) is 0 Å². The number of carbonyl (C=O) groups is 2. The minimum atomic E-state index is -0.755. The molecule has 0 unspecified atom stereocenters. The Morgan fingerprint density at radius 3 is 2.24 bits per heavy atom. The fraction of sp³-hybridized carbons (Fsp3) is 0.800. The number of thiocarbonyl (C=S) groups is 1. The first kappa shape index (κ1) is 17.9. The Bertz CT molecular complexity index is 390. The molecule has 0 spiro atoms. The van der Waals surface area contributed by atoms with E-state index in [-0.39, 0.29) is 23.3 Å². The van der Waals surface area contributed by atoms with E-state index in [1.165, 1.54) is 0 Å². The van der Waals surface area contributed by atoms with Crippen molar-refractivity contribution in [2.75, 3.05) is 20.1 Å². The Labute approximate surface area is 132 Å². The zero-order valence-electron chi connectivity index (χ0n) is 13.1. The molecule has 5 nitrogen and oxygen atoms in total. The van der Waals surface area contributed by atoms with Gasteiger partial charge in [0.2, 0.25) is 11.8 Å². The van der Waals surface area contributed by atoms with Crippen LogP contribution in [0.3, 0.4) is 0 Å². The molecule has 0 heterocycles. The number of nitrogens with one attached hydrogen (secondary N) is 1. The predicted molar refractivity (Wildman–Crippen MR) is 87.9 cm³/mol. The summed E-state index contributed by atoms with van der Waals surface area (Å²) >= 11 is 5.24. The zero-order chi connectivity index (χ0) is 15.9. The molecule has 1 rings (SSSR count). The maximum atomic E-state index is 13.0. The van der Waals surface area contributed by atoms with Crippen LogP contribution in [0.15, 0.2) is 0 Å². The van der Waals surface area contributed by atoms with Gasteiger partial charge < -0.3 is 16.0 Å². The summed E-state index contributed by atoms with van der Waals surface area (Å²) < 4.78 is 0. The molecule has 21 heavy (non-hydrogen) atoms. The van der Waals surface area contributed by atoms with Gasteiger partial charge in [0.15, 0.2) is 0 Å². The summed E-state index contributed by atoms with van der Waals surface area (Å²) in [5.74, 6) is -0.231. The monoisotopic (exact) mass is 313 g/mol.